The molecule has 0 radical (unpaired) electrons. The zero-order valence-electron chi connectivity index (χ0n) is 12.7. The number of rotatable bonds is 5. The van der Waals surface area contributed by atoms with Crippen LogP contribution in [0.25, 0.3) is 0 Å². The van der Waals surface area contributed by atoms with Gasteiger partial charge in [0.15, 0.2) is 21.8 Å². The van der Waals surface area contributed by atoms with Crippen molar-refractivity contribution in [3.05, 3.63) is 24.3 Å². The zero-order valence-corrected chi connectivity index (χ0v) is 13.6. The topological polar surface area (TPSA) is 102 Å². The maximum Gasteiger partial charge on any atom is 0.326 e. The van der Waals surface area contributed by atoms with Crippen LogP contribution in [0, 0.1) is 0 Å². The molecule has 1 heterocycles. The van der Waals surface area contributed by atoms with Crippen LogP contribution < -0.4 is 14.2 Å². The molecule has 2 N–H and O–H groups in total. The van der Waals surface area contributed by atoms with Crippen molar-refractivity contribution in [1.29, 1.82) is 0 Å². The molecule has 2 aliphatic rings. The van der Waals surface area contributed by atoms with Gasteiger partial charge < -0.3 is 14.6 Å². The molecule has 1 aromatic carbocycles. The maximum absolute atomic E-state index is 12.4. The fraction of sp³-hybridized carbons (Fsp3) is 0.533. The standard InChI is InChI=1S/C15H19NO6S/c1-14(10-21-11-5-2-3-6-12(11)22-14)9-16-23(19,20)15(13(17)18)7-4-8-15/h2-3,5-6,16H,4,7-10H2,1H3,(H,17,18). The summed E-state index contributed by atoms with van der Waals surface area (Å²) in [6, 6.07) is 7.13. The number of fused-ring (bicyclic) bond motifs is 1. The van der Waals surface area contributed by atoms with Gasteiger partial charge in [-0.2, -0.15) is 0 Å². The van der Waals surface area contributed by atoms with Gasteiger partial charge in [-0.15, -0.1) is 0 Å². The van der Waals surface area contributed by atoms with E-state index in [4.69, 9.17) is 9.47 Å². The Balaban J connectivity index is 1.72. The normalized spacial score (nSPS) is 25.4. The van der Waals surface area contributed by atoms with E-state index in [1.165, 1.54) is 0 Å². The molecule has 7 nitrogen and oxygen atoms in total. The number of para-hydroxylation sites is 2. The average Bonchev–Trinajstić information content (AvgIpc) is 2.43. The van der Waals surface area contributed by atoms with E-state index in [9.17, 15) is 18.3 Å². The molecule has 1 unspecified atom stereocenters. The predicted octanol–water partition coefficient (Wildman–Crippen LogP) is 1.14. The lowest BCUT2D eigenvalue weighted by Crippen LogP contribution is -2.60. The summed E-state index contributed by atoms with van der Waals surface area (Å²) in [7, 11) is -3.98. The molecule has 8 heteroatoms. The van der Waals surface area contributed by atoms with Gasteiger partial charge in [0, 0.05) is 0 Å². The third kappa shape index (κ3) is 2.66. The number of aliphatic carboxylic acids is 1. The molecule has 23 heavy (non-hydrogen) atoms. The number of ether oxygens (including phenoxy) is 2. The molecular weight excluding hydrogens is 322 g/mol. The molecule has 3 rings (SSSR count). The first kappa shape index (κ1) is 16.1. The van der Waals surface area contributed by atoms with Gasteiger partial charge in [0.2, 0.25) is 10.0 Å². The van der Waals surface area contributed by atoms with Crippen molar-refractivity contribution in [2.45, 2.75) is 36.5 Å². The summed E-state index contributed by atoms with van der Waals surface area (Å²) in [4.78, 5) is 11.4. The lowest BCUT2D eigenvalue weighted by atomic mass is 9.84. The van der Waals surface area contributed by atoms with Crippen LogP contribution in [0.1, 0.15) is 26.2 Å². The molecule has 0 saturated heterocycles. The summed E-state index contributed by atoms with van der Waals surface area (Å²) in [5.74, 6) is -0.154. The Morgan fingerprint density at radius 1 is 1.30 bits per heavy atom. The van der Waals surface area contributed by atoms with Gasteiger partial charge in [0.05, 0.1) is 6.54 Å². The van der Waals surface area contributed by atoms with E-state index >= 15 is 0 Å². The largest absolute Gasteiger partial charge is 0.485 e. The Morgan fingerprint density at radius 2 is 1.96 bits per heavy atom. The first-order valence-electron chi connectivity index (χ1n) is 7.42. The Bertz CT molecular complexity index is 727. The van der Waals surface area contributed by atoms with E-state index in [0.717, 1.165) is 0 Å². The van der Waals surface area contributed by atoms with Crippen molar-refractivity contribution in [3.8, 4) is 11.5 Å². The van der Waals surface area contributed by atoms with Gasteiger partial charge in [-0.25, -0.2) is 13.1 Å². The minimum Gasteiger partial charge on any atom is -0.485 e. The van der Waals surface area contributed by atoms with Crippen molar-refractivity contribution in [3.63, 3.8) is 0 Å². The Kier molecular flexibility index (Phi) is 3.76. The molecule has 1 aliphatic heterocycles. The van der Waals surface area contributed by atoms with E-state index in [1.807, 2.05) is 6.07 Å². The predicted molar refractivity (Wildman–Crippen MR) is 82.1 cm³/mol. The average molecular weight is 341 g/mol. The van der Waals surface area contributed by atoms with Crippen LogP contribution in [0.3, 0.4) is 0 Å². The molecule has 126 valence electrons. The summed E-state index contributed by atoms with van der Waals surface area (Å²) >= 11 is 0. The van der Waals surface area contributed by atoms with Gasteiger partial charge >= 0.3 is 5.97 Å². The van der Waals surface area contributed by atoms with E-state index in [-0.39, 0.29) is 26.0 Å². The van der Waals surface area contributed by atoms with Gasteiger partial charge in [0.1, 0.15) is 6.61 Å². The zero-order chi connectivity index (χ0) is 16.7. The second-order valence-electron chi connectivity index (χ2n) is 6.26. The first-order valence-corrected chi connectivity index (χ1v) is 8.90. The van der Waals surface area contributed by atoms with Gasteiger partial charge in [-0.3, -0.25) is 4.79 Å². The molecule has 0 amide bonds. The number of carboxylic acid groups (broad SMARTS) is 1. The smallest absolute Gasteiger partial charge is 0.326 e. The summed E-state index contributed by atoms with van der Waals surface area (Å²) in [6.07, 6.45) is 0.862. The highest BCUT2D eigenvalue weighted by molar-refractivity contribution is 7.91. The summed E-state index contributed by atoms with van der Waals surface area (Å²) in [5, 5.41) is 9.28. The van der Waals surface area contributed by atoms with Crippen LogP contribution in [0.5, 0.6) is 11.5 Å². The maximum atomic E-state index is 12.4. The van der Waals surface area contributed by atoms with Crippen LogP contribution >= 0.6 is 0 Å². The van der Waals surface area contributed by atoms with Crippen molar-refractivity contribution in [2.75, 3.05) is 13.2 Å². The number of nitrogens with one attached hydrogen (secondary N) is 1. The molecule has 1 fully saturated rings. The number of benzene rings is 1. The second-order valence-corrected chi connectivity index (χ2v) is 8.34. The lowest BCUT2D eigenvalue weighted by Gasteiger charge is -2.39. The van der Waals surface area contributed by atoms with Gasteiger partial charge in [0.25, 0.3) is 0 Å². The summed E-state index contributed by atoms with van der Waals surface area (Å²) in [6.45, 7) is 1.84. The van der Waals surface area contributed by atoms with Crippen LogP contribution in [0.2, 0.25) is 0 Å². The minimum atomic E-state index is -3.98. The number of carbonyl (C=O) groups is 1. The highest BCUT2D eigenvalue weighted by atomic mass is 32.2. The minimum absolute atomic E-state index is 0.0568. The quantitative estimate of drug-likeness (QED) is 0.833. The van der Waals surface area contributed by atoms with Crippen molar-refractivity contribution in [2.24, 2.45) is 0 Å². The monoisotopic (exact) mass is 341 g/mol. The number of hydrogen-bond donors (Lipinski definition) is 2. The molecule has 1 aromatic rings. The summed E-state index contributed by atoms with van der Waals surface area (Å²) in [5.41, 5.74) is -0.898. The Morgan fingerprint density at radius 3 is 2.52 bits per heavy atom. The fourth-order valence-corrected chi connectivity index (χ4v) is 4.58. The molecular formula is C15H19NO6S. The highest BCUT2D eigenvalue weighted by Gasteiger charge is 2.56. The number of carboxylic acids is 1. The second kappa shape index (κ2) is 5.38. The van der Waals surface area contributed by atoms with E-state index in [2.05, 4.69) is 4.72 Å². The first-order chi connectivity index (χ1) is 10.8. The van der Waals surface area contributed by atoms with Gasteiger partial charge in [-0.1, -0.05) is 12.1 Å². The van der Waals surface area contributed by atoms with Crippen LogP contribution in [-0.2, 0) is 14.8 Å². The van der Waals surface area contributed by atoms with Crippen LogP contribution in [-0.4, -0.2) is 43.0 Å². The van der Waals surface area contributed by atoms with Crippen molar-refractivity contribution < 1.29 is 27.8 Å². The molecule has 1 saturated carbocycles. The third-order valence-electron chi connectivity index (χ3n) is 4.44. The Hall–Kier alpha value is -1.80. The lowest BCUT2D eigenvalue weighted by molar-refractivity contribution is -0.142. The van der Waals surface area contributed by atoms with E-state index < -0.39 is 26.3 Å². The van der Waals surface area contributed by atoms with E-state index in [0.29, 0.717) is 17.9 Å². The molecule has 0 spiro atoms. The van der Waals surface area contributed by atoms with Gasteiger partial charge in [-0.05, 0) is 38.3 Å². The van der Waals surface area contributed by atoms with E-state index in [1.54, 1.807) is 25.1 Å². The highest BCUT2D eigenvalue weighted by Crippen LogP contribution is 2.40. The van der Waals surface area contributed by atoms with Crippen molar-refractivity contribution in [1.82, 2.24) is 4.72 Å². The number of hydrogen-bond acceptors (Lipinski definition) is 5. The van der Waals surface area contributed by atoms with Crippen LogP contribution in [0.15, 0.2) is 24.3 Å². The molecule has 1 aliphatic carbocycles. The molecule has 0 bridgehead atoms. The number of sulfonamides is 1. The SMILES string of the molecule is CC1(CNS(=O)(=O)C2(C(=O)O)CCC2)COc2ccccc2O1. The summed E-state index contributed by atoms with van der Waals surface area (Å²) < 4.78 is 37.0. The fourth-order valence-electron chi connectivity index (χ4n) is 2.75. The Labute approximate surface area is 134 Å². The van der Waals surface area contributed by atoms with Crippen molar-refractivity contribution >= 4 is 16.0 Å². The van der Waals surface area contributed by atoms with Crippen LogP contribution in [0.4, 0.5) is 0 Å². The molecule has 0 aromatic heterocycles. The third-order valence-corrected chi connectivity index (χ3v) is 6.58. The molecule has 1 atom stereocenters.